The molecule has 0 heterocycles. The number of carbonyl (C=O) groups is 1. The van der Waals surface area contributed by atoms with Crippen LogP contribution in [0.15, 0.2) is 43.0 Å². The van der Waals surface area contributed by atoms with E-state index < -0.39 is 12.0 Å². The third kappa shape index (κ3) is 2.30. The molecular formula is C12H14O2. The highest BCUT2D eigenvalue weighted by molar-refractivity contribution is 5.84. The second-order valence-electron chi connectivity index (χ2n) is 3.23. The largest absolute Gasteiger partial charge is 0.388 e. The number of carbonyl (C=O) groups excluding carboxylic acids is 1. The van der Waals surface area contributed by atoms with Crippen LogP contribution in [0.5, 0.6) is 0 Å². The Morgan fingerprint density at radius 1 is 1.43 bits per heavy atom. The van der Waals surface area contributed by atoms with Gasteiger partial charge in [0.1, 0.15) is 5.78 Å². The van der Waals surface area contributed by atoms with Gasteiger partial charge in [-0.2, -0.15) is 0 Å². The first kappa shape index (κ1) is 10.7. The van der Waals surface area contributed by atoms with Crippen LogP contribution in [0.3, 0.4) is 0 Å². The smallest absolute Gasteiger partial charge is 0.140 e. The standard InChI is InChI=1S/C12H14O2/c1-3-11(14)12(9(2)13)10-7-5-4-6-8-10/h3-8,11-12,14H,1H2,2H3. The van der Waals surface area contributed by atoms with Gasteiger partial charge in [-0.1, -0.05) is 36.4 Å². The van der Waals surface area contributed by atoms with E-state index in [-0.39, 0.29) is 5.78 Å². The van der Waals surface area contributed by atoms with Gasteiger partial charge in [-0.3, -0.25) is 4.79 Å². The van der Waals surface area contributed by atoms with Gasteiger partial charge >= 0.3 is 0 Å². The Morgan fingerprint density at radius 3 is 2.43 bits per heavy atom. The summed E-state index contributed by atoms with van der Waals surface area (Å²) < 4.78 is 0. The molecule has 2 heteroatoms. The zero-order valence-electron chi connectivity index (χ0n) is 8.18. The van der Waals surface area contributed by atoms with E-state index in [0.29, 0.717) is 0 Å². The lowest BCUT2D eigenvalue weighted by molar-refractivity contribution is -0.120. The minimum atomic E-state index is -0.810. The molecule has 0 aliphatic heterocycles. The van der Waals surface area contributed by atoms with E-state index in [1.54, 1.807) is 0 Å². The molecule has 0 aliphatic rings. The minimum Gasteiger partial charge on any atom is -0.388 e. The number of rotatable bonds is 4. The molecule has 1 rings (SSSR count). The number of hydrogen-bond donors (Lipinski definition) is 1. The summed E-state index contributed by atoms with van der Waals surface area (Å²) in [5.74, 6) is -0.544. The average Bonchev–Trinajstić information content (AvgIpc) is 2.19. The van der Waals surface area contributed by atoms with Crippen LogP contribution in [0.1, 0.15) is 18.4 Å². The molecule has 0 aromatic heterocycles. The van der Waals surface area contributed by atoms with Crippen LogP contribution in [0.25, 0.3) is 0 Å². The van der Waals surface area contributed by atoms with Gasteiger partial charge in [-0.05, 0) is 12.5 Å². The van der Waals surface area contributed by atoms with Gasteiger partial charge in [0.15, 0.2) is 0 Å². The number of benzene rings is 1. The second kappa shape index (κ2) is 4.72. The molecule has 14 heavy (non-hydrogen) atoms. The predicted molar refractivity (Wildman–Crippen MR) is 56.1 cm³/mol. The molecule has 2 nitrogen and oxygen atoms in total. The van der Waals surface area contributed by atoms with Crippen molar-refractivity contribution >= 4 is 5.78 Å². The van der Waals surface area contributed by atoms with Crippen molar-refractivity contribution in [2.75, 3.05) is 0 Å². The number of ketones is 1. The highest BCUT2D eigenvalue weighted by Gasteiger charge is 2.22. The van der Waals surface area contributed by atoms with Crippen molar-refractivity contribution in [3.63, 3.8) is 0 Å². The van der Waals surface area contributed by atoms with E-state index in [1.165, 1.54) is 13.0 Å². The first-order valence-corrected chi connectivity index (χ1v) is 4.53. The zero-order chi connectivity index (χ0) is 10.6. The number of aliphatic hydroxyl groups excluding tert-OH is 1. The maximum Gasteiger partial charge on any atom is 0.140 e. The Hall–Kier alpha value is -1.41. The van der Waals surface area contributed by atoms with Crippen molar-refractivity contribution in [2.24, 2.45) is 0 Å². The van der Waals surface area contributed by atoms with E-state index in [4.69, 9.17) is 0 Å². The summed E-state index contributed by atoms with van der Waals surface area (Å²) in [4.78, 5) is 11.3. The van der Waals surface area contributed by atoms with Crippen LogP contribution in [0, 0.1) is 0 Å². The molecule has 0 fully saturated rings. The summed E-state index contributed by atoms with van der Waals surface area (Å²) in [5.41, 5.74) is 0.826. The van der Waals surface area contributed by atoms with Crippen LogP contribution in [0.4, 0.5) is 0 Å². The lowest BCUT2D eigenvalue weighted by Gasteiger charge is -2.17. The Balaban J connectivity index is 3.00. The number of hydrogen-bond acceptors (Lipinski definition) is 2. The Bertz CT molecular complexity index is 316. The Morgan fingerprint density at radius 2 is 2.00 bits per heavy atom. The summed E-state index contributed by atoms with van der Waals surface area (Å²) in [6.45, 7) is 4.96. The van der Waals surface area contributed by atoms with E-state index >= 15 is 0 Å². The molecule has 0 spiro atoms. The topological polar surface area (TPSA) is 37.3 Å². The van der Waals surface area contributed by atoms with Gasteiger partial charge in [-0.25, -0.2) is 0 Å². The SMILES string of the molecule is C=CC(O)C(C(C)=O)c1ccccc1. The molecule has 1 aromatic carbocycles. The van der Waals surface area contributed by atoms with E-state index in [1.807, 2.05) is 30.3 Å². The molecule has 0 amide bonds. The molecule has 1 N–H and O–H groups in total. The number of Topliss-reactive ketones (excluding diaryl/α,β-unsaturated/α-hetero) is 1. The zero-order valence-corrected chi connectivity index (χ0v) is 8.18. The van der Waals surface area contributed by atoms with Gasteiger partial charge < -0.3 is 5.11 Å². The molecule has 0 bridgehead atoms. The minimum absolute atomic E-state index is 0.0522. The predicted octanol–water partition coefficient (Wildman–Crippen LogP) is 1.91. The lowest BCUT2D eigenvalue weighted by Crippen LogP contribution is -2.22. The fourth-order valence-electron chi connectivity index (χ4n) is 1.47. The van der Waals surface area contributed by atoms with Crippen LogP contribution in [0.2, 0.25) is 0 Å². The van der Waals surface area contributed by atoms with Gasteiger partial charge in [0.2, 0.25) is 0 Å². The maximum absolute atomic E-state index is 11.3. The summed E-state index contributed by atoms with van der Waals surface area (Å²) in [6.07, 6.45) is 0.578. The summed E-state index contributed by atoms with van der Waals surface area (Å²) in [6, 6.07) is 9.24. The monoisotopic (exact) mass is 190 g/mol. The van der Waals surface area contributed by atoms with E-state index in [9.17, 15) is 9.90 Å². The third-order valence-electron chi connectivity index (χ3n) is 2.18. The quantitative estimate of drug-likeness (QED) is 0.736. The average molecular weight is 190 g/mol. The molecule has 2 unspecified atom stereocenters. The highest BCUT2D eigenvalue weighted by Crippen LogP contribution is 2.21. The van der Waals surface area contributed by atoms with Crippen LogP contribution in [-0.2, 0) is 4.79 Å². The normalized spacial score (nSPS) is 14.4. The van der Waals surface area contributed by atoms with Crippen LogP contribution in [-0.4, -0.2) is 17.0 Å². The molecule has 74 valence electrons. The second-order valence-corrected chi connectivity index (χ2v) is 3.23. The van der Waals surface area contributed by atoms with Gasteiger partial charge in [0, 0.05) is 0 Å². The Labute approximate surface area is 83.9 Å². The van der Waals surface area contributed by atoms with Gasteiger partial charge in [0.25, 0.3) is 0 Å². The molecule has 1 aromatic rings. The van der Waals surface area contributed by atoms with Crippen molar-refractivity contribution < 1.29 is 9.90 Å². The molecule has 0 radical (unpaired) electrons. The van der Waals surface area contributed by atoms with Crippen molar-refractivity contribution in [1.82, 2.24) is 0 Å². The molecular weight excluding hydrogens is 176 g/mol. The van der Waals surface area contributed by atoms with E-state index in [2.05, 4.69) is 6.58 Å². The lowest BCUT2D eigenvalue weighted by atomic mass is 9.90. The summed E-state index contributed by atoms with van der Waals surface area (Å²) in [7, 11) is 0. The molecule has 0 saturated heterocycles. The van der Waals surface area contributed by atoms with Gasteiger partial charge in [0.05, 0.1) is 12.0 Å². The molecule has 0 aliphatic carbocycles. The molecule has 0 saturated carbocycles. The highest BCUT2D eigenvalue weighted by atomic mass is 16.3. The van der Waals surface area contributed by atoms with E-state index in [0.717, 1.165) is 5.56 Å². The van der Waals surface area contributed by atoms with Crippen LogP contribution < -0.4 is 0 Å². The first-order chi connectivity index (χ1) is 6.66. The Kier molecular flexibility index (Phi) is 3.60. The van der Waals surface area contributed by atoms with Crippen molar-refractivity contribution in [1.29, 1.82) is 0 Å². The summed E-state index contributed by atoms with van der Waals surface area (Å²) >= 11 is 0. The van der Waals surface area contributed by atoms with Crippen molar-refractivity contribution in [2.45, 2.75) is 18.9 Å². The fourth-order valence-corrected chi connectivity index (χ4v) is 1.47. The fraction of sp³-hybridized carbons (Fsp3) is 0.250. The van der Waals surface area contributed by atoms with Crippen molar-refractivity contribution in [3.8, 4) is 0 Å². The maximum atomic E-state index is 11.3. The first-order valence-electron chi connectivity index (χ1n) is 4.53. The van der Waals surface area contributed by atoms with Crippen LogP contribution >= 0.6 is 0 Å². The molecule has 2 atom stereocenters. The summed E-state index contributed by atoms with van der Waals surface area (Å²) in [5, 5.41) is 9.60. The van der Waals surface area contributed by atoms with Gasteiger partial charge in [-0.15, -0.1) is 6.58 Å². The number of aliphatic hydroxyl groups is 1. The third-order valence-corrected chi connectivity index (χ3v) is 2.18. The van der Waals surface area contributed by atoms with Crippen molar-refractivity contribution in [3.05, 3.63) is 48.6 Å².